The number of imidazole rings is 1. The summed E-state index contributed by atoms with van der Waals surface area (Å²) in [6, 6.07) is 5.80. The zero-order valence-corrected chi connectivity index (χ0v) is 10.6. The van der Waals surface area contributed by atoms with Crippen LogP contribution in [0.4, 0.5) is 0 Å². The van der Waals surface area contributed by atoms with Gasteiger partial charge in [-0.25, -0.2) is 4.98 Å². The van der Waals surface area contributed by atoms with Gasteiger partial charge in [0.05, 0.1) is 18.1 Å². The van der Waals surface area contributed by atoms with E-state index in [9.17, 15) is 0 Å². The molecular formula is C12H16N2O2S. The van der Waals surface area contributed by atoms with Crippen molar-refractivity contribution in [3.63, 3.8) is 0 Å². The van der Waals surface area contributed by atoms with Crippen LogP contribution in [0.1, 0.15) is 12.8 Å². The van der Waals surface area contributed by atoms with Gasteiger partial charge in [-0.2, -0.15) is 0 Å². The number of hydrogen-bond acceptors (Lipinski definition) is 4. The van der Waals surface area contributed by atoms with Crippen LogP contribution in [0.15, 0.2) is 23.4 Å². The third kappa shape index (κ3) is 3.14. The fourth-order valence-electron chi connectivity index (χ4n) is 1.54. The van der Waals surface area contributed by atoms with E-state index in [4.69, 9.17) is 9.84 Å². The smallest absolute Gasteiger partial charge is 0.166 e. The Morgan fingerprint density at radius 1 is 1.41 bits per heavy atom. The molecule has 0 bridgehead atoms. The van der Waals surface area contributed by atoms with Gasteiger partial charge in [0.25, 0.3) is 0 Å². The molecule has 0 saturated carbocycles. The minimum Gasteiger partial charge on any atom is -0.497 e. The second-order valence-electron chi connectivity index (χ2n) is 3.70. The standard InChI is InChI=1S/C12H16N2O2S/c1-16-9-4-5-10-11(8-9)14-12(13-10)17-7-3-2-6-15/h4-5,8,15H,2-3,6-7H2,1H3,(H,13,14). The third-order valence-corrected chi connectivity index (χ3v) is 3.42. The van der Waals surface area contributed by atoms with Crippen LogP contribution in [0.5, 0.6) is 5.75 Å². The number of thioether (sulfide) groups is 1. The highest BCUT2D eigenvalue weighted by Gasteiger charge is 2.04. The Morgan fingerprint density at radius 2 is 2.29 bits per heavy atom. The number of nitrogens with zero attached hydrogens (tertiary/aromatic N) is 1. The summed E-state index contributed by atoms with van der Waals surface area (Å²) in [5.41, 5.74) is 1.95. The highest BCUT2D eigenvalue weighted by Crippen LogP contribution is 2.23. The molecule has 92 valence electrons. The highest BCUT2D eigenvalue weighted by molar-refractivity contribution is 7.99. The summed E-state index contributed by atoms with van der Waals surface area (Å²) in [6.45, 7) is 0.262. The number of rotatable bonds is 6. The van der Waals surface area contributed by atoms with Crippen molar-refractivity contribution < 1.29 is 9.84 Å². The van der Waals surface area contributed by atoms with Gasteiger partial charge in [0, 0.05) is 18.4 Å². The molecule has 0 unspecified atom stereocenters. The average molecular weight is 252 g/mol. The largest absolute Gasteiger partial charge is 0.497 e. The first-order chi connectivity index (χ1) is 8.33. The topological polar surface area (TPSA) is 58.1 Å². The van der Waals surface area contributed by atoms with Gasteiger partial charge in [-0.15, -0.1) is 0 Å². The second-order valence-corrected chi connectivity index (χ2v) is 4.79. The fourth-order valence-corrected chi connectivity index (χ4v) is 2.43. The predicted octanol–water partition coefficient (Wildman–Crippen LogP) is 2.44. The van der Waals surface area contributed by atoms with Gasteiger partial charge in [-0.05, 0) is 25.0 Å². The summed E-state index contributed by atoms with van der Waals surface area (Å²) in [4.78, 5) is 7.73. The van der Waals surface area contributed by atoms with Crippen molar-refractivity contribution >= 4 is 22.8 Å². The highest BCUT2D eigenvalue weighted by atomic mass is 32.2. The molecule has 0 spiro atoms. The molecule has 5 heteroatoms. The quantitative estimate of drug-likeness (QED) is 0.612. The second kappa shape index (κ2) is 5.93. The van der Waals surface area contributed by atoms with Crippen LogP contribution in [-0.2, 0) is 0 Å². The van der Waals surface area contributed by atoms with Gasteiger partial charge in [0.2, 0.25) is 0 Å². The number of ether oxygens (including phenoxy) is 1. The first kappa shape index (κ1) is 12.3. The summed E-state index contributed by atoms with van der Waals surface area (Å²) < 4.78 is 5.16. The number of methoxy groups -OCH3 is 1. The van der Waals surface area contributed by atoms with E-state index in [0.717, 1.165) is 40.5 Å². The fraction of sp³-hybridized carbons (Fsp3) is 0.417. The summed E-state index contributed by atoms with van der Waals surface area (Å²) in [5.74, 6) is 1.80. The van der Waals surface area contributed by atoms with Crippen LogP contribution < -0.4 is 4.74 Å². The molecule has 0 amide bonds. The van der Waals surface area contributed by atoms with Crippen molar-refractivity contribution in [3.05, 3.63) is 18.2 Å². The van der Waals surface area contributed by atoms with Crippen molar-refractivity contribution in [1.29, 1.82) is 0 Å². The number of benzene rings is 1. The molecule has 0 aliphatic heterocycles. The molecule has 0 fully saturated rings. The van der Waals surface area contributed by atoms with E-state index in [1.807, 2.05) is 18.2 Å². The van der Waals surface area contributed by atoms with Crippen LogP contribution in [0.25, 0.3) is 11.0 Å². The molecule has 0 atom stereocenters. The number of hydrogen-bond donors (Lipinski definition) is 2. The Kier molecular flexibility index (Phi) is 4.28. The van der Waals surface area contributed by atoms with Gasteiger partial charge in [0.1, 0.15) is 5.75 Å². The number of unbranched alkanes of at least 4 members (excludes halogenated alkanes) is 1. The molecule has 1 aromatic carbocycles. The van der Waals surface area contributed by atoms with Crippen molar-refractivity contribution in [2.45, 2.75) is 18.0 Å². The first-order valence-electron chi connectivity index (χ1n) is 5.61. The van der Waals surface area contributed by atoms with Gasteiger partial charge < -0.3 is 14.8 Å². The number of aliphatic hydroxyl groups excluding tert-OH is 1. The number of aliphatic hydroxyl groups is 1. The van der Waals surface area contributed by atoms with Gasteiger partial charge >= 0.3 is 0 Å². The van der Waals surface area contributed by atoms with Gasteiger partial charge in [0.15, 0.2) is 5.16 Å². The lowest BCUT2D eigenvalue weighted by atomic mass is 10.3. The Hall–Kier alpha value is -1.20. The SMILES string of the molecule is COc1ccc2nc(SCCCCO)[nH]c2c1. The van der Waals surface area contributed by atoms with Gasteiger partial charge in [-0.3, -0.25) is 0 Å². The molecule has 1 aromatic heterocycles. The number of H-pyrrole nitrogens is 1. The molecule has 1 heterocycles. The Balaban J connectivity index is 2.04. The van der Waals surface area contributed by atoms with E-state index in [2.05, 4.69) is 9.97 Å². The number of nitrogens with one attached hydrogen (secondary N) is 1. The summed E-state index contributed by atoms with van der Waals surface area (Å²) >= 11 is 1.68. The van der Waals surface area contributed by atoms with E-state index < -0.39 is 0 Å². The normalized spacial score (nSPS) is 10.9. The summed E-state index contributed by atoms with van der Waals surface area (Å²) in [7, 11) is 1.65. The van der Waals surface area contributed by atoms with E-state index in [-0.39, 0.29) is 6.61 Å². The molecule has 2 N–H and O–H groups in total. The van der Waals surface area contributed by atoms with E-state index in [1.54, 1.807) is 18.9 Å². The van der Waals surface area contributed by atoms with Crippen molar-refractivity contribution in [3.8, 4) is 5.75 Å². The predicted molar refractivity (Wildman–Crippen MR) is 69.7 cm³/mol. The van der Waals surface area contributed by atoms with Crippen LogP contribution in [0.3, 0.4) is 0 Å². The van der Waals surface area contributed by atoms with Crippen molar-refractivity contribution in [1.82, 2.24) is 9.97 Å². The average Bonchev–Trinajstić information content (AvgIpc) is 2.76. The molecule has 17 heavy (non-hydrogen) atoms. The van der Waals surface area contributed by atoms with Crippen LogP contribution in [0, 0.1) is 0 Å². The van der Waals surface area contributed by atoms with Crippen LogP contribution in [0.2, 0.25) is 0 Å². The molecule has 0 aliphatic carbocycles. The lowest BCUT2D eigenvalue weighted by molar-refractivity contribution is 0.287. The zero-order valence-electron chi connectivity index (χ0n) is 9.77. The van der Waals surface area contributed by atoms with Crippen molar-refractivity contribution in [2.75, 3.05) is 19.5 Å². The monoisotopic (exact) mass is 252 g/mol. The Bertz CT molecular complexity index is 484. The molecule has 2 rings (SSSR count). The first-order valence-corrected chi connectivity index (χ1v) is 6.59. The third-order valence-electron chi connectivity index (χ3n) is 2.46. The maximum atomic E-state index is 8.69. The number of aromatic amines is 1. The molecule has 2 aromatic rings. The Labute approximate surface area is 104 Å². The van der Waals surface area contributed by atoms with Crippen molar-refractivity contribution in [2.24, 2.45) is 0 Å². The molecule has 4 nitrogen and oxygen atoms in total. The van der Waals surface area contributed by atoms with E-state index in [1.165, 1.54) is 0 Å². The summed E-state index contributed by atoms with van der Waals surface area (Å²) in [5, 5.41) is 9.61. The lowest BCUT2D eigenvalue weighted by Gasteiger charge is -1.96. The van der Waals surface area contributed by atoms with Crippen LogP contribution in [-0.4, -0.2) is 34.5 Å². The maximum Gasteiger partial charge on any atom is 0.166 e. The zero-order chi connectivity index (χ0) is 12.1. The number of aromatic nitrogens is 2. The van der Waals surface area contributed by atoms with E-state index in [0.29, 0.717) is 0 Å². The minimum atomic E-state index is 0.262. The molecule has 0 saturated heterocycles. The maximum absolute atomic E-state index is 8.69. The molecular weight excluding hydrogens is 236 g/mol. The summed E-state index contributed by atoms with van der Waals surface area (Å²) in [6.07, 6.45) is 1.85. The number of fused-ring (bicyclic) bond motifs is 1. The molecule has 0 aliphatic rings. The van der Waals surface area contributed by atoms with Crippen LogP contribution >= 0.6 is 11.8 Å². The van der Waals surface area contributed by atoms with Gasteiger partial charge in [-0.1, -0.05) is 11.8 Å². The lowest BCUT2D eigenvalue weighted by Crippen LogP contribution is -1.86. The Morgan fingerprint density at radius 3 is 3.06 bits per heavy atom. The molecule has 0 radical (unpaired) electrons. The minimum absolute atomic E-state index is 0.262. The van der Waals surface area contributed by atoms with E-state index >= 15 is 0 Å².